The molecule has 0 bridgehead atoms. The Morgan fingerprint density at radius 3 is 2.37 bits per heavy atom. The Bertz CT molecular complexity index is 1210. The van der Waals surface area contributed by atoms with Crippen molar-refractivity contribution >= 4 is 34.8 Å². The fourth-order valence-corrected chi connectivity index (χ4v) is 3.77. The molecule has 1 heterocycles. The van der Waals surface area contributed by atoms with Gasteiger partial charge in [0.2, 0.25) is 11.8 Å². The maximum atomic E-state index is 12.8. The summed E-state index contributed by atoms with van der Waals surface area (Å²) in [5.41, 5.74) is 2.41. The molecule has 0 aliphatic carbocycles. The van der Waals surface area contributed by atoms with Crippen LogP contribution in [0.15, 0.2) is 72.8 Å². The number of rotatable bonds is 8. The van der Waals surface area contributed by atoms with Crippen LogP contribution in [0.3, 0.4) is 0 Å². The predicted octanol–water partition coefficient (Wildman–Crippen LogP) is 4.02. The molecule has 1 aliphatic rings. The molecule has 35 heavy (non-hydrogen) atoms. The maximum Gasteiger partial charge on any atom is 0.268 e. The van der Waals surface area contributed by atoms with Crippen molar-refractivity contribution in [2.45, 2.75) is 26.4 Å². The molecule has 3 amide bonds. The third-order valence-electron chi connectivity index (χ3n) is 5.41. The average molecular weight is 474 g/mol. The van der Waals surface area contributed by atoms with Crippen LogP contribution in [0.4, 0.5) is 17.1 Å². The van der Waals surface area contributed by atoms with Crippen LogP contribution in [0.25, 0.3) is 0 Å². The minimum atomic E-state index is -0.730. The smallest absolute Gasteiger partial charge is 0.268 e. The lowest BCUT2D eigenvalue weighted by Crippen LogP contribution is -2.47. The van der Waals surface area contributed by atoms with Gasteiger partial charge in [-0.05, 0) is 61.9 Å². The van der Waals surface area contributed by atoms with Crippen LogP contribution >= 0.6 is 0 Å². The number of carbonyl (C=O) groups is 3. The van der Waals surface area contributed by atoms with Gasteiger partial charge in [-0.3, -0.25) is 19.3 Å². The minimum Gasteiger partial charge on any atom is -0.494 e. The quantitative estimate of drug-likeness (QED) is 0.515. The van der Waals surface area contributed by atoms with Crippen LogP contribution in [0, 0.1) is 0 Å². The van der Waals surface area contributed by atoms with E-state index in [0.717, 1.165) is 11.3 Å². The maximum absolute atomic E-state index is 12.8. The lowest BCUT2D eigenvalue weighted by Gasteiger charge is -2.33. The molecule has 4 rings (SSSR count). The van der Waals surface area contributed by atoms with Gasteiger partial charge < -0.3 is 20.1 Å². The topological polar surface area (TPSA) is 97.0 Å². The van der Waals surface area contributed by atoms with Gasteiger partial charge in [-0.15, -0.1) is 0 Å². The highest BCUT2D eigenvalue weighted by molar-refractivity contribution is 6.06. The SMILES string of the molecule is CCOc1ccc(CC(=O)Nc2ccc3c(c2)N(CC(=O)Nc2ccccc2)C(=O)C(C)O3)cc1. The van der Waals surface area contributed by atoms with E-state index >= 15 is 0 Å². The monoisotopic (exact) mass is 473 g/mol. The molecular formula is C27H27N3O5. The number of ether oxygens (including phenoxy) is 2. The van der Waals surface area contributed by atoms with E-state index in [0.29, 0.717) is 29.4 Å². The number of para-hydroxylation sites is 1. The summed E-state index contributed by atoms with van der Waals surface area (Å²) in [7, 11) is 0. The van der Waals surface area contributed by atoms with Crippen LogP contribution in [-0.2, 0) is 20.8 Å². The van der Waals surface area contributed by atoms with Crippen molar-refractivity contribution in [3.05, 3.63) is 78.4 Å². The molecule has 1 atom stereocenters. The van der Waals surface area contributed by atoms with Crippen molar-refractivity contribution in [2.24, 2.45) is 0 Å². The molecule has 2 N–H and O–H groups in total. The highest BCUT2D eigenvalue weighted by Crippen LogP contribution is 2.36. The van der Waals surface area contributed by atoms with Gasteiger partial charge in [0.15, 0.2) is 6.10 Å². The first-order valence-electron chi connectivity index (χ1n) is 11.4. The molecule has 1 unspecified atom stereocenters. The Labute approximate surface area is 203 Å². The molecule has 3 aromatic rings. The van der Waals surface area contributed by atoms with Crippen LogP contribution in [0.2, 0.25) is 0 Å². The van der Waals surface area contributed by atoms with Crippen LogP contribution in [0.5, 0.6) is 11.5 Å². The molecule has 8 nitrogen and oxygen atoms in total. The second-order valence-corrected chi connectivity index (χ2v) is 8.08. The lowest BCUT2D eigenvalue weighted by molar-refractivity contribution is -0.127. The Morgan fingerprint density at radius 1 is 0.943 bits per heavy atom. The largest absolute Gasteiger partial charge is 0.494 e. The van der Waals surface area contributed by atoms with Crippen molar-refractivity contribution in [3.63, 3.8) is 0 Å². The van der Waals surface area contributed by atoms with Gasteiger partial charge in [-0.1, -0.05) is 30.3 Å². The Hall–Kier alpha value is -4.33. The number of hydrogen-bond acceptors (Lipinski definition) is 5. The highest BCUT2D eigenvalue weighted by atomic mass is 16.5. The predicted molar refractivity (Wildman–Crippen MR) is 134 cm³/mol. The number of carbonyl (C=O) groups excluding carboxylic acids is 3. The standard InChI is InChI=1S/C27H27N3O5/c1-3-34-22-12-9-19(10-13-22)15-25(31)29-21-11-14-24-23(16-21)30(27(33)18(2)35-24)17-26(32)28-20-7-5-4-6-8-20/h4-14,16,18H,3,15,17H2,1-2H3,(H,28,32)(H,29,31). The second kappa shape index (κ2) is 10.7. The molecule has 3 aromatic carbocycles. The molecule has 180 valence electrons. The van der Waals surface area contributed by atoms with E-state index in [1.54, 1.807) is 37.3 Å². The first-order chi connectivity index (χ1) is 16.9. The lowest BCUT2D eigenvalue weighted by atomic mass is 10.1. The van der Waals surface area contributed by atoms with Crippen LogP contribution in [0.1, 0.15) is 19.4 Å². The van der Waals surface area contributed by atoms with E-state index in [-0.39, 0.29) is 30.7 Å². The van der Waals surface area contributed by atoms with E-state index in [1.165, 1.54) is 4.90 Å². The van der Waals surface area contributed by atoms with E-state index < -0.39 is 6.10 Å². The Balaban J connectivity index is 1.46. The van der Waals surface area contributed by atoms with E-state index in [9.17, 15) is 14.4 Å². The number of hydrogen-bond donors (Lipinski definition) is 2. The summed E-state index contributed by atoms with van der Waals surface area (Å²) < 4.78 is 11.1. The van der Waals surface area contributed by atoms with Gasteiger partial charge in [-0.25, -0.2) is 0 Å². The summed E-state index contributed by atoms with van der Waals surface area (Å²) in [5, 5.41) is 5.64. The Kier molecular flexibility index (Phi) is 7.30. The summed E-state index contributed by atoms with van der Waals surface area (Å²) in [6, 6.07) is 21.4. The zero-order chi connectivity index (χ0) is 24.8. The first kappa shape index (κ1) is 23.8. The van der Waals surface area contributed by atoms with Crippen molar-refractivity contribution in [3.8, 4) is 11.5 Å². The fourth-order valence-electron chi connectivity index (χ4n) is 3.77. The second-order valence-electron chi connectivity index (χ2n) is 8.08. The van der Waals surface area contributed by atoms with Gasteiger partial charge in [0.05, 0.1) is 18.7 Å². The molecule has 0 aromatic heterocycles. The van der Waals surface area contributed by atoms with Gasteiger partial charge in [0, 0.05) is 11.4 Å². The number of anilines is 3. The van der Waals surface area contributed by atoms with E-state index in [1.807, 2.05) is 49.4 Å². The summed E-state index contributed by atoms with van der Waals surface area (Å²) >= 11 is 0. The van der Waals surface area contributed by atoms with Gasteiger partial charge in [-0.2, -0.15) is 0 Å². The van der Waals surface area contributed by atoms with Crippen molar-refractivity contribution in [2.75, 3.05) is 28.7 Å². The first-order valence-corrected chi connectivity index (χ1v) is 11.4. The third kappa shape index (κ3) is 5.97. The van der Waals surface area contributed by atoms with Gasteiger partial charge >= 0.3 is 0 Å². The number of fused-ring (bicyclic) bond motifs is 1. The molecule has 8 heteroatoms. The normalized spacial score (nSPS) is 14.5. The summed E-state index contributed by atoms with van der Waals surface area (Å²) in [4.78, 5) is 39.5. The molecular weight excluding hydrogens is 446 g/mol. The van der Waals surface area contributed by atoms with Gasteiger partial charge in [0.25, 0.3) is 5.91 Å². The van der Waals surface area contributed by atoms with Crippen molar-refractivity contribution in [1.82, 2.24) is 0 Å². The molecule has 1 aliphatic heterocycles. The molecule has 0 saturated carbocycles. The summed E-state index contributed by atoms with van der Waals surface area (Å²) in [6.07, 6.45) is -0.550. The number of benzene rings is 3. The minimum absolute atomic E-state index is 0.180. The third-order valence-corrected chi connectivity index (χ3v) is 5.41. The number of nitrogens with one attached hydrogen (secondary N) is 2. The zero-order valence-corrected chi connectivity index (χ0v) is 19.6. The molecule has 0 radical (unpaired) electrons. The van der Waals surface area contributed by atoms with Crippen LogP contribution in [-0.4, -0.2) is 37.0 Å². The van der Waals surface area contributed by atoms with E-state index in [2.05, 4.69) is 10.6 Å². The number of amides is 3. The highest BCUT2D eigenvalue weighted by Gasteiger charge is 2.33. The molecule has 0 fully saturated rings. The van der Waals surface area contributed by atoms with E-state index in [4.69, 9.17) is 9.47 Å². The van der Waals surface area contributed by atoms with Crippen molar-refractivity contribution < 1.29 is 23.9 Å². The van der Waals surface area contributed by atoms with Gasteiger partial charge in [0.1, 0.15) is 18.0 Å². The molecule has 0 spiro atoms. The zero-order valence-electron chi connectivity index (χ0n) is 19.6. The van der Waals surface area contributed by atoms with Crippen molar-refractivity contribution in [1.29, 1.82) is 0 Å². The number of nitrogens with zero attached hydrogens (tertiary/aromatic N) is 1. The molecule has 0 saturated heterocycles. The Morgan fingerprint density at radius 2 is 1.66 bits per heavy atom. The van der Waals surface area contributed by atoms with Crippen LogP contribution < -0.4 is 25.0 Å². The summed E-state index contributed by atoms with van der Waals surface area (Å²) in [6.45, 7) is 3.95. The summed E-state index contributed by atoms with van der Waals surface area (Å²) in [5.74, 6) is 0.336. The fraction of sp³-hybridized carbons (Fsp3) is 0.222. The average Bonchev–Trinajstić information content (AvgIpc) is 2.84.